The predicted octanol–water partition coefficient (Wildman–Crippen LogP) is 15.7. The monoisotopic (exact) mass is 1020 g/mol. The molecule has 0 amide bonds. The maximum absolute atomic E-state index is 5.61. The molecule has 2 atom stereocenters. The topological polar surface area (TPSA) is 8.88 Å². The second-order valence-corrected chi connectivity index (χ2v) is 21.0. The third-order valence-electron chi connectivity index (χ3n) is 12.6. The second kappa shape index (κ2) is 44.8. The Balaban J connectivity index is 0.00000120. The quantitative estimate of drug-likeness (QED) is 0.0298. The second-order valence-electron chi connectivity index (χ2n) is 18.0. The van der Waals surface area contributed by atoms with E-state index in [1.807, 2.05) is 0 Å². The van der Waals surface area contributed by atoms with Gasteiger partial charge in [0.05, 0.1) is 0 Å². The van der Waals surface area contributed by atoms with Crippen molar-refractivity contribution in [1.82, 2.24) is 0 Å². The fourth-order valence-corrected chi connectivity index (χ4v) is 9.57. The van der Waals surface area contributed by atoms with Crippen LogP contribution in [0.3, 0.4) is 0 Å². The number of aryl methyl sites for hydroxylation is 2. The molecule has 2 N–H and O–H groups in total. The third-order valence-corrected chi connectivity index (χ3v) is 14.7. The van der Waals surface area contributed by atoms with Crippen LogP contribution in [0.2, 0.25) is 0 Å². The predicted molar refractivity (Wildman–Crippen MR) is 294 cm³/mol. The Morgan fingerprint density at radius 3 is 0.825 bits per heavy atom. The van der Waals surface area contributed by atoms with Gasteiger partial charge >= 0.3 is 19.5 Å². The summed E-state index contributed by atoms with van der Waals surface area (Å²) in [6, 6.07) is 13.2. The maximum atomic E-state index is 5.61. The van der Waals surface area contributed by atoms with Crippen LogP contribution in [-0.2, 0) is 96.0 Å². The Kier molecular flexibility index (Phi) is 45.0. The zero-order valence-electron chi connectivity index (χ0n) is 41.1. The summed E-state index contributed by atoms with van der Waals surface area (Å²) in [5, 5.41) is 0. The van der Waals surface area contributed by atoms with Gasteiger partial charge in [-0.1, -0.05) is 232 Å². The van der Waals surface area contributed by atoms with Crippen molar-refractivity contribution in [3.05, 3.63) is 58.7 Å². The largest absolute Gasteiger partial charge is 2.00 e. The van der Waals surface area contributed by atoms with E-state index >= 15 is 0 Å². The van der Waals surface area contributed by atoms with E-state index in [4.69, 9.17) is 75.3 Å². The minimum absolute atomic E-state index is 0. The molecule has 0 aromatic heterocycles. The molecule has 0 heterocycles. The molecule has 0 saturated heterocycles. The molecule has 0 aliphatic rings. The van der Waals surface area contributed by atoms with E-state index < -0.39 is 0 Å². The molecule has 63 heavy (non-hydrogen) atoms. The van der Waals surface area contributed by atoms with Crippen LogP contribution in [-0.4, -0.2) is 8.64 Å². The van der Waals surface area contributed by atoms with Gasteiger partial charge in [0.25, 0.3) is 0 Å². The molecular weight excluding hydrogens is 934 g/mol. The first-order chi connectivity index (χ1) is 30.2. The smallest absolute Gasteiger partial charge is 0.485 e. The first kappa shape index (κ1) is 63.3. The van der Waals surface area contributed by atoms with Gasteiger partial charge in [0, 0.05) is 19.8 Å². The molecule has 356 valence electrons. The zero-order chi connectivity index (χ0) is 45.5. The normalized spacial score (nSPS) is 12.0. The minimum atomic E-state index is 0. The van der Waals surface area contributed by atoms with Crippen molar-refractivity contribution in [3.8, 4) is 0 Å². The van der Waals surface area contributed by atoms with Crippen molar-refractivity contribution in [3.63, 3.8) is 0 Å². The van der Waals surface area contributed by atoms with Crippen LogP contribution in [0.15, 0.2) is 36.4 Å². The summed E-state index contributed by atoms with van der Waals surface area (Å²) >= 11 is 32.2. The van der Waals surface area contributed by atoms with Crippen LogP contribution < -0.4 is 8.61 Å². The summed E-state index contributed by atoms with van der Waals surface area (Å²) < 4.78 is 2.29. The van der Waals surface area contributed by atoms with Crippen LogP contribution in [0.5, 0.6) is 0 Å². The van der Waals surface area contributed by atoms with Crippen molar-refractivity contribution in [1.29, 1.82) is 0 Å². The average molecular weight is 1030 g/mol. The molecule has 9 heteroatoms. The van der Waals surface area contributed by atoms with Gasteiger partial charge in [-0.2, -0.15) is 0 Å². The van der Waals surface area contributed by atoms with E-state index in [0.29, 0.717) is 17.3 Å². The molecule has 2 nitrogen and oxygen atoms in total. The summed E-state index contributed by atoms with van der Waals surface area (Å²) in [5.41, 5.74) is 8.06. The van der Waals surface area contributed by atoms with E-state index in [0.717, 1.165) is 37.1 Å². The average Bonchev–Trinajstić information content (AvgIpc) is 3.27. The molecular formula is C54H92N2S6Zn. The minimum Gasteiger partial charge on any atom is -0.485 e. The van der Waals surface area contributed by atoms with Crippen LogP contribution >= 0.6 is 24.4 Å². The Morgan fingerprint density at radius 2 is 0.587 bits per heavy atom. The molecule has 0 radical (unpaired) electrons. The fourth-order valence-electron chi connectivity index (χ4n) is 8.74. The first-order valence-electron chi connectivity index (χ1n) is 26.0. The zero-order valence-corrected chi connectivity index (χ0v) is 48.9. The van der Waals surface area contributed by atoms with Gasteiger partial charge in [-0.3, -0.25) is 0 Å². The van der Waals surface area contributed by atoms with Crippen molar-refractivity contribution < 1.29 is 28.1 Å². The molecule has 0 spiro atoms. The van der Waals surface area contributed by atoms with Gasteiger partial charge in [0.15, 0.2) is 0 Å². The van der Waals surface area contributed by atoms with E-state index in [-0.39, 0.29) is 19.5 Å². The number of benzene rings is 2. The van der Waals surface area contributed by atoms with Gasteiger partial charge in [0.2, 0.25) is 0 Å². The summed E-state index contributed by atoms with van der Waals surface area (Å²) in [6.45, 7) is 9.12. The van der Waals surface area contributed by atoms with Crippen LogP contribution in [0, 0.1) is 0 Å². The first-order valence-corrected chi connectivity index (χ1v) is 28.4. The number of hydrogen-bond donors (Lipinski definition) is 2. The van der Waals surface area contributed by atoms with Crippen LogP contribution in [0.1, 0.15) is 255 Å². The summed E-state index contributed by atoms with van der Waals surface area (Å²) in [7, 11) is 0. The molecule has 0 saturated carbocycles. The van der Waals surface area contributed by atoms with Crippen molar-refractivity contribution in [2.75, 3.05) is 0 Å². The van der Waals surface area contributed by atoms with E-state index in [1.165, 1.54) is 228 Å². The number of nitrogens with one attached hydrogen (secondary N) is 2. The number of thiocarbonyl (C=S) groups is 2. The Morgan fingerprint density at radius 1 is 0.365 bits per heavy atom. The van der Waals surface area contributed by atoms with E-state index in [2.05, 4.69) is 64.1 Å². The van der Waals surface area contributed by atoms with Crippen molar-refractivity contribution in [2.24, 2.45) is 0 Å². The maximum Gasteiger partial charge on any atom is 2.00 e. The molecule has 0 bridgehead atoms. The summed E-state index contributed by atoms with van der Waals surface area (Å²) in [5.74, 6) is 0. The van der Waals surface area contributed by atoms with Gasteiger partial charge in [0.1, 0.15) is 11.4 Å². The molecule has 0 aliphatic heterocycles. The molecule has 0 fully saturated rings. The molecule has 2 aromatic carbocycles. The Hall–Kier alpha value is 0.303. The fraction of sp³-hybridized carbons (Fsp3) is 0.741. The van der Waals surface area contributed by atoms with Gasteiger partial charge in [-0.15, -0.1) is 0 Å². The summed E-state index contributed by atoms with van der Waals surface area (Å²) in [6.07, 6.45) is 47.8. The van der Waals surface area contributed by atoms with Gasteiger partial charge < -0.3 is 83.9 Å². The van der Waals surface area contributed by atoms with Crippen LogP contribution in [0.25, 0.3) is 0 Å². The Labute approximate surface area is 437 Å². The van der Waals surface area contributed by atoms with E-state index in [9.17, 15) is 0 Å². The van der Waals surface area contributed by atoms with Gasteiger partial charge in [-0.05, 0) is 74.6 Å². The van der Waals surface area contributed by atoms with Gasteiger partial charge in [-0.25, -0.2) is 0 Å². The number of unbranched alkanes of at least 4 members (excludes halogenated alkanes) is 28. The number of rotatable bonds is 38. The standard InChI is InChI=1S/2C27H47NS3.Zn/c2*1-3-5-7-9-11-13-15-17-20-24-21-19-23-26(28(31)27(29)30)25(24)22-18-16-14-12-10-8-6-4-2;/h2*19,21,23,28H,3-18,20,22H2,1-2H3,(H,29,30);/q;;+2/p-2. The SMILES string of the molecule is CCCCCCCCCCc1cccc([NH+]([S-])C(=S)[S-])c1CCCCCCCCCC.CCCCCCCCCCc1cccc([NH+]([S-])C(=S)[S-])c1CCCCCCCCCC.[Zn+2]. The third kappa shape index (κ3) is 31.9. The molecule has 0 aliphatic carbocycles. The van der Waals surface area contributed by atoms with Crippen molar-refractivity contribution >= 4 is 95.3 Å². The Bertz CT molecular complexity index is 1290. The van der Waals surface area contributed by atoms with Crippen LogP contribution in [0.4, 0.5) is 11.4 Å². The van der Waals surface area contributed by atoms with E-state index in [1.54, 1.807) is 0 Å². The van der Waals surface area contributed by atoms with Crippen molar-refractivity contribution in [2.45, 2.75) is 259 Å². The molecule has 2 unspecified atom stereocenters. The summed E-state index contributed by atoms with van der Waals surface area (Å²) in [4.78, 5) is 0. The number of quaternary nitrogens is 2. The number of hydrogen-bond acceptors (Lipinski definition) is 6. The molecule has 2 aromatic rings. The molecule has 2 rings (SSSR count).